The van der Waals surface area contributed by atoms with E-state index in [1.54, 1.807) is 0 Å². The van der Waals surface area contributed by atoms with Crippen LogP contribution in [0.25, 0.3) is 0 Å². The lowest BCUT2D eigenvalue weighted by Crippen LogP contribution is -2.52. The molecule has 3 nitrogen and oxygen atoms in total. The first-order valence-corrected chi connectivity index (χ1v) is 6.94. The predicted octanol–water partition coefficient (Wildman–Crippen LogP) is 1.58. The van der Waals surface area contributed by atoms with Crippen LogP contribution in [0.3, 0.4) is 0 Å². The predicted molar refractivity (Wildman–Crippen MR) is 67.6 cm³/mol. The van der Waals surface area contributed by atoms with Crippen LogP contribution in [0.15, 0.2) is 0 Å². The summed E-state index contributed by atoms with van der Waals surface area (Å²) >= 11 is 0. The Morgan fingerprint density at radius 2 is 2.06 bits per heavy atom. The van der Waals surface area contributed by atoms with Crippen molar-refractivity contribution in [2.75, 3.05) is 20.1 Å². The van der Waals surface area contributed by atoms with E-state index in [1.165, 1.54) is 6.42 Å². The highest BCUT2D eigenvalue weighted by molar-refractivity contribution is 5.86. The van der Waals surface area contributed by atoms with Crippen LogP contribution in [0.4, 0.5) is 0 Å². The van der Waals surface area contributed by atoms with Crippen molar-refractivity contribution >= 4 is 5.91 Å². The van der Waals surface area contributed by atoms with Gasteiger partial charge < -0.3 is 9.80 Å². The molecule has 0 spiro atoms. The van der Waals surface area contributed by atoms with Crippen molar-refractivity contribution in [1.29, 1.82) is 0 Å². The van der Waals surface area contributed by atoms with Crippen molar-refractivity contribution < 1.29 is 4.79 Å². The van der Waals surface area contributed by atoms with Crippen LogP contribution >= 0.6 is 0 Å². The van der Waals surface area contributed by atoms with Crippen LogP contribution in [0.1, 0.15) is 33.6 Å². The minimum absolute atomic E-state index is 0.113. The molecule has 17 heavy (non-hydrogen) atoms. The zero-order chi connectivity index (χ0) is 12.4. The molecule has 0 aromatic heterocycles. The van der Waals surface area contributed by atoms with E-state index in [0.29, 0.717) is 29.8 Å². The number of hydrogen-bond donors (Lipinski definition) is 0. The number of hydrogen-bond acceptors (Lipinski definition) is 2. The monoisotopic (exact) mass is 236 g/mol. The van der Waals surface area contributed by atoms with E-state index in [1.807, 2.05) is 0 Å². The second-order valence-electron chi connectivity index (χ2n) is 6.95. The van der Waals surface area contributed by atoms with Gasteiger partial charge >= 0.3 is 0 Å². The van der Waals surface area contributed by atoms with Crippen molar-refractivity contribution in [3.8, 4) is 0 Å². The summed E-state index contributed by atoms with van der Waals surface area (Å²) in [5, 5.41) is 0. The first-order chi connectivity index (χ1) is 7.93. The second-order valence-corrected chi connectivity index (χ2v) is 6.95. The van der Waals surface area contributed by atoms with Crippen molar-refractivity contribution in [3.05, 3.63) is 0 Å². The third-order valence-corrected chi connectivity index (χ3v) is 5.41. The average Bonchev–Trinajstić information content (AvgIpc) is 2.72. The van der Waals surface area contributed by atoms with Gasteiger partial charge in [-0.15, -0.1) is 0 Å². The molecule has 2 saturated heterocycles. The number of fused-ring (bicyclic) bond motifs is 1. The Labute approximate surface area is 104 Å². The third kappa shape index (κ3) is 1.41. The molecule has 1 saturated carbocycles. The Morgan fingerprint density at radius 3 is 2.59 bits per heavy atom. The van der Waals surface area contributed by atoms with E-state index < -0.39 is 0 Å². The lowest BCUT2D eigenvalue weighted by molar-refractivity contribution is -0.137. The van der Waals surface area contributed by atoms with Crippen LogP contribution in [-0.4, -0.2) is 47.9 Å². The van der Waals surface area contributed by atoms with Crippen molar-refractivity contribution in [3.63, 3.8) is 0 Å². The van der Waals surface area contributed by atoms with Crippen LogP contribution < -0.4 is 0 Å². The van der Waals surface area contributed by atoms with Crippen molar-refractivity contribution in [1.82, 2.24) is 9.80 Å². The smallest absolute Gasteiger partial charge is 0.229 e. The Balaban J connectivity index is 1.86. The highest BCUT2D eigenvalue weighted by atomic mass is 16.2. The molecular formula is C14H24N2O. The standard InChI is InChI=1S/C14H24N2O/c1-9-7-11-12(9)16(13(17)14(11,2)3)10-5-6-15(4)8-10/h9-12H,5-8H2,1-4H3/t9?,10?,11-,12?/m0/s1. The van der Waals surface area contributed by atoms with E-state index >= 15 is 0 Å². The molecule has 3 unspecified atom stereocenters. The van der Waals surface area contributed by atoms with E-state index in [9.17, 15) is 4.79 Å². The van der Waals surface area contributed by atoms with Crippen molar-refractivity contribution in [2.45, 2.75) is 45.7 Å². The molecule has 0 aromatic carbocycles. The summed E-state index contributed by atoms with van der Waals surface area (Å²) in [6.07, 6.45) is 2.40. The largest absolute Gasteiger partial charge is 0.334 e. The second kappa shape index (κ2) is 3.47. The first kappa shape index (κ1) is 11.5. The normalized spacial score (nSPS) is 44.9. The third-order valence-electron chi connectivity index (χ3n) is 5.41. The van der Waals surface area contributed by atoms with E-state index in [2.05, 4.69) is 37.6 Å². The summed E-state index contributed by atoms with van der Waals surface area (Å²) in [6.45, 7) is 8.81. The van der Waals surface area contributed by atoms with Crippen molar-refractivity contribution in [2.24, 2.45) is 17.3 Å². The molecule has 0 N–H and O–H groups in total. The SMILES string of the molecule is CC1C[C@H]2C1N(C1CCN(C)C1)C(=O)C2(C)C. The molecule has 3 fully saturated rings. The summed E-state index contributed by atoms with van der Waals surface area (Å²) in [7, 11) is 2.16. The Kier molecular flexibility index (Phi) is 2.35. The Hall–Kier alpha value is -0.570. The number of likely N-dealkylation sites (N-methyl/N-ethyl adjacent to an activating group) is 1. The van der Waals surface area contributed by atoms with Gasteiger partial charge in [0, 0.05) is 24.0 Å². The van der Waals surface area contributed by atoms with Gasteiger partial charge in [-0.25, -0.2) is 0 Å². The van der Waals surface area contributed by atoms with Gasteiger partial charge in [0.15, 0.2) is 0 Å². The number of rotatable bonds is 1. The zero-order valence-electron chi connectivity index (χ0n) is 11.4. The van der Waals surface area contributed by atoms with E-state index in [4.69, 9.17) is 0 Å². The zero-order valence-corrected chi connectivity index (χ0v) is 11.4. The average molecular weight is 236 g/mol. The summed E-state index contributed by atoms with van der Waals surface area (Å²) in [5.74, 6) is 1.73. The van der Waals surface area contributed by atoms with Gasteiger partial charge in [0.25, 0.3) is 0 Å². The molecule has 1 amide bonds. The molecule has 0 radical (unpaired) electrons. The number of carbonyl (C=O) groups is 1. The van der Waals surface area contributed by atoms with Gasteiger partial charge in [0.1, 0.15) is 0 Å². The molecule has 96 valence electrons. The minimum atomic E-state index is -0.113. The summed E-state index contributed by atoms with van der Waals surface area (Å²) in [6, 6.07) is 1.01. The van der Waals surface area contributed by atoms with Gasteiger partial charge in [-0.1, -0.05) is 20.8 Å². The Morgan fingerprint density at radius 1 is 1.35 bits per heavy atom. The maximum Gasteiger partial charge on any atom is 0.229 e. The molecule has 2 heterocycles. The van der Waals surface area contributed by atoms with Crippen LogP contribution in [-0.2, 0) is 4.79 Å². The lowest BCUT2D eigenvalue weighted by Gasteiger charge is -2.46. The number of nitrogens with zero attached hydrogens (tertiary/aromatic N) is 2. The number of amides is 1. The fraction of sp³-hybridized carbons (Fsp3) is 0.929. The molecule has 1 aliphatic carbocycles. The molecule has 3 rings (SSSR count). The fourth-order valence-corrected chi connectivity index (χ4v) is 4.24. The fourth-order valence-electron chi connectivity index (χ4n) is 4.24. The van der Waals surface area contributed by atoms with Gasteiger partial charge in [0.2, 0.25) is 5.91 Å². The quantitative estimate of drug-likeness (QED) is 0.690. The molecule has 0 aromatic rings. The molecule has 4 atom stereocenters. The number of likely N-dealkylation sites (tertiary alicyclic amines) is 2. The van der Waals surface area contributed by atoms with Crippen LogP contribution in [0, 0.1) is 17.3 Å². The topological polar surface area (TPSA) is 23.6 Å². The van der Waals surface area contributed by atoms with E-state index in [0.717, 1.165) is 19.5 Å². The van der Waals surface area contributed by atoms with E-state index in [-0.39, 0.29) is 5.41 Å². The lowest BCUT2D eigenvalue weighted by atomic mass is 9.62. The highest BCUT2D eigenvalue weighted by Crippen LogP contribution is 2.55. The summed E-state index contributed by atoms with van der Waals surface area (Å²) in [5.41, 5.74) is -0.113. The van der Waals surface area contributed by atoms with Crippen LogP contribution in [0.2, 0.25) is 0 Å². The van der Waals surface area contributed by atoms with Gasteiger partial charge in [-0.05, 0) is 38.3 Å². The molecule has 3 aliphatic rings. The van der Waals surface area contributed by atoms with Gasteiger partial charge in [0.05, 0.1) is 0 Å². The molecule has 0 bridgehead atoms. The van der Waals surface area contributed by atoms with Gasteiger partial charge in [-0.3, -0.25) is 4.79 Å². The minimum Gasteiger partial charge on any atom is -0.334 e. The molecule has 3 heteroatoms. The maximum atomic E-state index is 12.6. The van der Waals surface area contributed by atoms with Gasteiger partial charge in [-0.2, -0.15) is 0 Å². The molecule has 2 aliphatic heterocycles. The Bertz CT molecular complexity index is 352. The molecular weight excluding hydrogens is 212 g/mol. The number of carbonyl (C=O) groups excluding carboxylic acids is 1. The first-order valence-electron chi connectivity index (χ1n) is 6.94. The summed E-state index contributed by atoms with van der Waals surface area (Å²) < 4.78 is 0. The highest BCUT2D eigenvalue weighted by Gasteiger charge is 2.62. The van der Waals surface area contributed by atoms with Crippen LogP contribution in [0.5, 0.6) is 0 Å². The maximum absolute atomic E-state index is 12.6. The summed E-state index contributed by atoms with van der Waals surface area (Å²) in [4.78, 5) is 17.2.